The first-order chi connectivity index (χ1) is 10.4. The Hall–Kier alpha value is -2.40. The van der Waals surface area contributed by atoms with E-state index in [0.29, 0.717) is 5.56 Å². The van der Waals surface area contributed by atoms with Crippen molar-refractivity contribution in [1.29, 1.82) is 0 Å². The third-order valence-electron chi connectivity index (χ3n) is 3.03. The molecule has 4 nitrogen and oxygen atoms in total. The fourth-order valence-corrected chi connectivity index (χ4v) is 3.13. The molecule has 0 spiro atoms. The number of sulfone groups is 1. The Balaban J connectivity index is 2.28. The largest absolute Gasteiger partial charge is 0.383 e. The molecular weight excluding hydrogens is 298 g/mol. The third-order valence-corrected chi connectivity index (χ3v) is 4.81. The van der Waals surface area contributed by atoms with Crippen molar-refractivity contribution < 1.29 is 13.2 Å². The van der Waals surface area contributed by atoms with Gasteiger partial charge in [0.1, 0.15) is 0 Å². The maximum atomic E-state index is 12.4. The molecule has 0 amide bonds. The molecule has 114 valence electrons. The van der Waals surface area contributed by atoms with Crippen LogP contribution in [0.5, 0.6) is 0 Å². The van der Waals surface area contributed by atoms with E-state index in [4.69, 9.17) is 0 Å². The molecule has 0 heterocycles. The van der Waals surface area contributed by atoms with Gasteiger partial charge in [0.2, 0.25) is 9.84 Å². The fraction of sp³-hybridized carbons (Fsp3) is 0.118. The Bertz CT molecular complexity index is 776. The van der Waals surface area contributed by atoms with Gasteiger partial charge >= 0.3 is 0 Å². The average molecular weight is 315 g/mol. The van der Waals surface area contributed by atoms with Gasteiger partial charge in [-0.25, -0.2) is 8.42 Å². The number of carbonyl (C=O) groups is 1. The highest BCUT2D eigenvalue weighted by Crippen LogP contribution is 2.20. The van der Waals surface area contributed by atoms with E-state index in [1.165, 1.54) is 30.3 Å². The Morgan fingerprint density at radius 2 is 1.45 bits per heavy atom. The van der Waals surface area contributed by atoms with Crippen LogP contribution in [0.4, 0.5) is 0 Å². The lowest BCUT2D eigenvalue weighted by Gasteiger charge is -2.05. The van der Waals surface area contributed by atoms with Gasteiger partial charge in [-0.1, -0.05) is 18.2 Å². The summed E-state index contributed by atoms with van der Waals surface area (Å²) in [5.74, 6) is -0.169. The predicted molar refractivity (Wildman–Crippen MR) is 85.5 cm³/mol. The summed E-state index contributed by atoms with van der Waals surface area (Å²) in [4.78, 5) is 14.1. The summed E-state index contributed by atoms with van der Waals surface area (Å²) < 4.78 is 24.8. The Labute approximate surface area is 130 Å². The molecule has 0 aliphatic carbocycles. The van der Waals surface area contributed by atoms with Gasteiger partial charge in [0, 0.05) is 31.9 Å². The second-order valence-corrected chi connectivity index (χ2v) is 6.93. The number of hydrogen-bond donors (Lipinski definition) is 0. The van der Waals surface area contributed by atoms with E-state index >= 15 is 0 Å². The standard InChI is InChI=1S/C17H17NO3S/c1-18(2)13-12-17(19)14-8-10-16(11-9-14)22(20,21)15-6-4-3-5-7-15/h3-13H,1-2H3/b13-12+. The van der Waals surface area contributed by atoms with Crippen molar-refractivity contribution in [3.05, 3.63) is 72.4 Å². The van der Waals surface area contributed by atoms with Crippen molar-refractivity contribution in [3.8, 4) is 0 Å². The van der Waals surface area contributed by atoms with Crippen LogP contribution in [0.3, 0.4) is 0 Å². The van der Waals surface area contributed by atoms with Crippen LogP contribution < -0.4 is 0 Å². The molecule has 0 bridgehead atoms. The van der Waals surface area contributed by atoms with Crippen LogP contribution >= 0.6 is 0 Å². The summed E-state index contributed by atoms with van der Waals surface area (Å²) in [5, 5.41) is 0. The molecule has 2 aromatic carbocycles. The van der Waals surface area contributed by atoms with Crippen LogP contribution in [0.25, 0.3) is 0 Å². The minimum absolute atomic E-state index is 0.169. The predicted octanol–water partition coefficient (Wildman–Crippen LogP) is 2.78. The van der Waals surface area contributed by atoms with Gasteiger partial charge in [0.15, 0.2) is 5.78 Å². The molecule has 0 radical (unpaired) electrons. The minimum Gasteiger partial charge on any atom is -0.383 e. The molecule has 5 heteroatoms. The average Bonchev–Trinajstić information content (AvgIpc) is 2.53. The number of nitrogens with zero attached hydrogens (tertiary/aromatic N) is 1. The van der Waals surface area contributed by atoms with Crippen molar-refractivity contribution >= 4 is 15.6 Å². The number of ketones is 1. The van der Waals surface area contributed by atoms with Gasteiger partial charge in [-0.05, 0) is 36.4 Å². The second kappa shape index (κ2) is 6.58. The smallest absolute Gasteiger partial charge is 0.206 e. The molecule has 0 aliphatic heterocycles. The van der Waals surface area contributed by atoms with E-state index in [2.05, 4.69) is 0 Å². The van der Waals surface area contributed by atoms with E-state index in [9.17, 15) is 13.2 Å². The van der Waals surface area contributed by atoms with E-state index in [1.54, 1.807) is 41.4 Å². The number of hydrogen-bond acceptors (Lipinski definition) is 4. The molecule has 0 atom stereocenters. The highest BCUT2D eigenvalue weighted by atomic mass is 32.2. The first-order valence-electron chi connectivity index (χ1n) is 6.70. The van der Waals surface area contributed by atoms with Gasteiger partial charge in [-0.2, -0.15) is 0 Å². The van der Waals surface area contributed by atoms with Gasteiger partial charge in [-0.3, -0.25) is 4.79 Å². The maximum absolute atomic E-state index is 12.4. The zero-order chi connectivity index (χ0) is 16.2. The fourth-order valence-electron chi connectivity index (χ4n) is 1.85. The molecule has 0 N–H and O–H groups in total. The number of benzene rings is 2. The van der Waals surface area contributed by atoms with E-state index in [-0.39, 0.29) is 15.6 Å². The zero-order valence-corrected chi connectivity index (χ0v) is 13.2. The van der Waals surface area contributed by atoms with Gasteiger partial charge in [0.25, 0.3) is 0 Å². The summed E-state index contributed by atoms with van der Waals surface area (Å²) in [5.41, 5.74) is 0.449. The summed E-state index contributed by atoms with van der Waals surface area (Å²) in [6, 6.07) is 14.2. The highest BCUT2D eigenvalue weighted by molar-refractivity contribution is 7.91. The van der Waals surface area contributed by atoms with Crippen LogP contribution in [-0.2, 0) is 9.84 Å². The number of rotatable bonds is 5. The molecule has 0 unspecified atom stereocenters. The quantitative estimate of drug-likeness (QED) is 0.629. The van der Waals surface area contributed by atoms with E-state index < -0.39 is 9.84 Å². The highest BCUT2D eigenvalue weighted by Gasteiger charge is 2.17. The second-order valence-electron chi connectivity index (χ2n) is 4.98. The third kappa shape index (κ3) is 3.62. The van der Waals surface area contributed by atoms with Crippen molar-refractivity contribution in [3.63, 3.8) is 0 Å². The first-order valence-corrected chi connectivity index (χ1v) is 8.19. The summed E-state index contributed by atoms with van der Waals surface area (Å²) in [6.45, 7) is 0. The lowest BCUT2D eigenvalue weighted by atomic mass is 10.1. The number of allylic oxidation sites excluding steroid dienone is 1. The van der Waals surface area contributed by atoms with Crippen LogP contribution in [0.1, 0.15) is 10.4 Å². The molecule has 0 aliphatic rings. The van der Waals surface area contributed by atoms with Crippen molar-refractivity contribution in [2.75, 3.05) is 14.1 Å². The topological polar surface area (TPSA) is 54.5 Å². The van der Waals surface area contributed by atoms with E-state index in [0.717, 1.165) is 0 Å². The van der Waals surface area contributed by atoms with Crippen LogP contribution in [0.15, 0.2) is 76.7 Å². The van der Waals surface area contributed by atoms with Gasteiger partial charge in [-0.15, -0.1) is 0 Å². The molecule has 0 saturated carbocycles. The minimum atomic E-state index is -3.54. The molecule has 2 aromatic rings. The lowest BCUT2D eigenvalue weighted by molar-refractivity contribution is 0.104. The monoisotopic (exact) mass is 315 g/mol. The Kier molecular flexibility index (Phi) is 4.78. The van der Waals surface area contributed by atoms with Crippen LogP contribution in [0, 0.1) is 0 Å². The zero-order valence-electron chi connectivity index (χ0n) is 12.4. The van der Waals surface area contributed by atoms with Crippen LogP contribution in [0.2, 0.25) is 0 Å². The Morgan fingerprint density at radius 1 is 0.909 bits per heavy atom. The lowest BCUT2D eigenvalue weighted by Crippen LogP contribution is -2.04. The summed E-state index contributed by atoms with van der Waals surface area (Å²) in [7, 11) is 0.0928. The molecule has 2 rings (SSSR count). The summed E-state index contributed by atoms with van der Waals surface area (Å²) >= 11 is 0. The molecular formula is C17H17NO3S. The molecule has 0 aromatic heterocycles. The maximum Gasteiger partial charge on any atom is 0.206 e. The number of carbonyl (C=O) groups excluding carboxylic acids is 1. The van der Waals surface area contributed by atoms with Crippen molar-refractivity contribution in [2.24, 2.45) is 0 Å². The molecule has 22 heavy (non-hydrogen) atoms. The SMILES string of the molecule is CN(C)/C=C/C(=O)c1ccc(S(=O)(=O)c2ccccc2)cc1. The van der Waals surface area contributed by atoms with E-state index in [1.807, 2.05) is 14.1 Å². The van der Waals surface area contributed by atoms with Crippen molar-refractivity contribution in [2.45, 2.75) is 9.79 Å². The van der Waals surface area contributed by atoms with Crippen LogP contribution in [-0.4, -0.2) is 33.2 Å². The van der Waals surface area contributed by atoms with Gasteiger partial charge in [0.05, 0.1) is 9.79 Å². The first kappa shape index (κ1) is 16.0. The summed E-state index contributed by atoms with van der Waals surface area (Å²) in [6.07, 6.45) is 3.09. The Morgan fingerprint density at radius 3 is 2.00 bits per heavy atom. The molecule has 0 fully saturated rings. The van der Waals surface area contributed by atoms with Gasteiger partial charge < -0.3 is 4.90 Å². The van der Waals surface area contributed by atoms with Crippen molar-refractivity contribution in [1.82, 2.24) is 4.90 Å². The normalized spacial score (nSPS) is 11.5. The molecule has 0 saturated heterocycles.